The molecular weight excluding hydrogens is 332 g/mol. The predicted octanol–water partition coefficient (Wildman–Crippen LogP) is 2.30. The first kappa shape index (κ1) is 16.9. The molecule has 0 bridgehead atoms. The maximum atomic E-state index is 12.9. The Balaban J connectivity index is 1.61. The van der Waals surface area contributed by atoms with Crippen LogP contribution >= 0.6 is 11.3 Å². The van der Waals surface area contributed by atoms with Crippen molar-refractivity contribution in [2.45, 2.75) is 45.2 Å². The van der Waals surface area contributed by atoms with Gasteiger partial charge in [0, 0.05) is 31.6 Å². The van der Waals surface area contributed by atoms with Crippen molar-refractivity contribution < 1.29 is 13.2 Å². The summed E-state index contributed by atoms with van der Waals surface area (Å²) in [6, 6.07) is 2.46. The quantitative estimate of drug-likeness (QED) is 0.786. The molecular formula is C16H24N2O3S2. The van der Waals surface area contributed by atoms with E-state index in [0.717, 1.165) is 12.8 Å². The van der Waals surface area contributed by atoms with Crippen LogP contribution in [-0.2, 0) is 21.4 Å². The third-order valence-electron chi connectivity index (χ3n) is 4.77. The molecule has 0 unspecified atom stereocenters. The van der Waals surface area contributed by atoms with Gasteiger partial charge in [-0.05, 0) is 55.0 Å². The summed E-state index contributed by atoms with van der Waals surface area (Å²) in [5, 5.41) is 4.14. The van der Waals surface area contributed by atoms with Crippen molar-refractivity contribution in [3.63, 3.8) is 0 Å². The minimum absolute atomic E-state index is 0.0301. The van der Waals surface area contributed by atoms with E-state index in [-0.39, 0.29) is 17.6 Å². The second-order valence-electron chi connectivity index (χ2n) is 6.40. The van der Waals surface area contributed by atoms with Crippen LogP contribution in [-0.4, -0.2) is 48.4 Å². The Bertz CT molecular complexity index is 630. The second kappa shape index (κ2) is 6.91. The Morgan fingerprint density at radius 3 is 2.52 bits per heavy atom. The van der Waals surface area contributed by atoms with Crippen molar-refractivity contribution >= 4 is 27.3 Å². The van der Waals surface area contributed by atoms with Crippen molar-refractivity contribution in [2.75, 3.05) is 18.8 Å². The monoisotopic (exact) mass is 356 g/mol. The highest BCUT2D eigenvalue weighted by molar-refractivity contribution is 7.89. The number of hydrogen-bond donors (Lipinski definition) is 0. The van der Waals surface area contributed by atoms with Gasteiger partial charge in [-0.15, -0.1) is 0 Å². The highest BCUT2D eigenvalue weighted by Gasteiger charge is 2.38. The standard InChI is InChI=1S/C16H24N2O3S2/c1-2-23(20,21)17-8-5-14(6-9-17)16(19)18(15-3-4-15)11-13-7-10-22-12-13/h7,10,12,14-15H,2-6,8-9,11H2,1H3. The van der Waals surface area contributed by atoms with Crippen molar-refractivity contribution in [3.05, 3.63) is 22.4 Å². The molecule has 5 nitrogen and oxygen atoms in total. The lowest BCUT2D eigenvalue weighted by atomic mass is 9.96. The first-order valence-corrected chi connectivity index (χ1v) is 10.9. The Kier molecular flexibility index (Phi) is 5.08. The van der Waals surface area contributed by atoms with Crippen molar-refractivity contribution in [1.29, 1.82) is 0 Å². The number of rotatable bonds is 6. The van der Waals surface area contributed by atoms with Gasteiger partial charge in [-0.25, -0.2) is 12.7 Å². The van der Waals surface area contributed by atoms with Crippen LogP contribution in [0.15, 0.2) is 16.8 Å². The van der Waals surface area contributed by atoms with E-state index in [1.54, 1.807) is 18.3 Å². The third kappa shape index (κ3) is 3.95. The molecule has 2 heterocycles. The molecule has 1 aliphatic heterocycles. The van der Waals surface area contributed by atoms with Crippen LogP contribution in [0.25, 0.3) is 0 Å². The third-order valence-corrected chi connectivity index (χ3v) is 7.38. The van der Waals surface area contributed by atoms with E-state index in [0.29, 0.717) is 38.5 Å². The summed E-state index contributed by atoms with van der Waals surface area (Å²) in [4.78, 5) is 14.9. The molecule has 2 fully saturated rings. The average Bonchev–Trinajstić information content (AvgIpc) is 3.28. The van der Waals surface area contributed by atoms with Gasteiger partial charge >= 0.3 is 0 Å². The molecule has 1 saturated carbocycles. The Morgan fingerprint density at radius 2 is 2.00 bits per heavy atom. The van der Waals surface area contributed by atoms with Crippen LogP contribution in [0.2, 0.25) is 0 Å². The van der Waals surface area contributed by atoms with Crippen LogP contribution in [0.5, 0.6) is 0 Å². The summed E-state index contributed by atoms with van der Waals surface area (Å²) < 4.78 is 25.4. The van der Waals surface area contributed by atoms with Crippen LogP contribution < -0.4 is 0 Å². The number of hydrogen-bond acceptors (Lipinski definition) is 4. The van der Waals surface area contributed by atoms with Crippen LogP contribution in [0.4, 0.5) is 0 Å². The summed E-state index contributed by atoms with van der Waals surface area (Å²) >= 11 is 1.66. The van der Waals surface area contributed by atoms with Crippen LogP contribution in [0.3, 0.4) is 0 Å². The van der Waals surface area contributed by atoms with Crippen molar-refractivity contribution in [1.82, 2.24) is 9.21 Å². The van der Waals surface area contributed by atoms with Gasteiger partial charge in [0.05, 0.1) is 5.75 Å². The van der Waals surface area contributed by atoms with Crippen LogP contribution in [0.1, 0.15) is 38.2 Å². The fraction of sp³-hybridized carbons (Fsp3) is 0.688. The van der Waals surface area contributed by atoms with Crippen molar-refractivity contribution in [3.8, 4) is 0 Å². The van der Waals surface area contributed by atoms with E-state index in [1.165, 1.54) is 9.87 Å². The Labute approximate surface area is 142 Å². The first-order valence-electron chi connectivity index (χ1n) is 8.30. The van der Waals surface area contributed by atoms with Gasteiger partial charge < -0.3 is 4.90 Å². The second-order valence-corrected chi connectivity index (χ2v) is 9.44. The van der Waals surface area contributed by atoms with E-state index in [4.69, 9.17) is 0 Å². The maximum Gasteiger partial charge on any atom is 0.226 e. The lowest BCUT2D eigenvalue weighted by Gasteiger charge is -2.33. The van der Waals surface area contributed by atoms with Gasteiger partial charge in [0.2, 0.25) is 15.9 Å². The predicted molar refractivity (Wildman–Crippen MR) is 91.6 cm³/mol. The smallest absolute Gasteiger partial charge is 0.226 e. The molecule has 2 aliphatic rings. The Morgan fingerprint density at radius 1 is 1.30 bits per heavy atom. The zero-order chi connectivity index (χ0) is 16.4. The number of carbonyl (C=O) groups is 1. The van der Waals surface area contributed by atoms with Gasteiger partial charge in [-0.2, -0.15) is 11.3 Å². The molecule has 0 radical (unpaired) electrons. The molecule has 1 amide bonds. The fourth-order valence-electron chi connectivity index (χ4n) is 3.15. The average molecular weight is 357 g/mol. The summed E-state index contributed by atoms with van der Waals surface area (Å²) in [7, 11) is -3.13. The molecule has 1 aromatic heterocycles. The van der Waals surface area contributed by atoms with Crippen molar-refractivity contribution in [2.24, 2.45) is 5.92 Å². The van der Waals surface area contributed by atoms with Gasteiger partial charge in [-0.3, -0.25) is 4.79 Å². The molecule has 0 spiro atoms. The minimum Gasteiger partial charge on any atom is -0.335 e. The maximum absolute atomic E-state index is 12.9. The van der Waals surface area contributed by atoms with Gasteiger partial charge in [0.1, 0.15) is 0 Å². The molecule has 1 aliphatic carbocycles. The fourth-order valence-corrected chi connectivity index (χ4v) is 4.94. The zero-order valence-electron chi connectivity index (χ0n) is 13.5. The van der Waals surface area contributed by atoms with Gasteiger partial charge in [0.25, 0.3) is 0 Å². The highest BCUT2D eigenvalue weighted by Crippen LogP contribution is 2.32. The summed E-state index contributed by atoms with van der Waals surface area (Å²) in [6.45, 7) is 3.32. The van der Waals surface area contributed by atoms with E-state index in [9.17, 15) is 13.2 Å². The van der Waals surface area contributed by atoms with E-state index in [2.05, 4.69) is 11.4 Å². The van der Waals surface area contributed by atoms with Gasteiger partial charge in [0.15, 0.2) is 0 Å². The van der Waals surface area contributed by atoms with Crippen LogP contribution in [0, 0.1) is 5.92 Å². The lowest BCUT2D eigenvalue weighted by molar-refractivity contribution is -0.138. The highest BCUT2D eigenvalue weighted by atomic mass is 32.2. The molecule has 128 valence electrons. The summed E-state index contributed by atoms with van der Waals surface area (Å²) in [5.74, 6) is 0.322. The Hall–Kier alpha value is -0.920. The number of sulfonamides is 1. The molecule has 1 saturated heterocycles. The first-order chi connectivity index (χ1) is 11.0. The molecule has 1 aromatic rings. The lowest BCUT2D eigenvalue weighted by Crippen LogP contribution is -2.45. The number of amides is 1. The molecule has 23 heavy (non-hydrogen) atoms. The normalized spacial score (nSPS) is 20.6. The number of piperidine rings is 1. The SMILES string of the molecule is CCS(=O)(=O)N1CCC(C(=O)N(Cc2ccsc2)C2CC2)CC1. The molecule has 0 aromatic carbocycles. The zero-order valence-corrected chi connectivity index (χ0v) is 15.1. The number of carbonyl (C=O) groups excluding carboxylic acids is 1. The summed E-state index contributed by atoms with van der Waals surface area (Å²) in [5.41, 5.74) is 1.20. The number of thiophene rings is 1. The van der Waals surface area contributed by atoms with E-state index < -0.39 is 10.0 Å². The largest absolute Gasteiger partial charge is 0.335 e. The molecule has 0 N–H and O–H groups in total. The molecule has 3 rings (SSSR count). The van der Waals surface area contributed by atoms with Gasteiger partial charge in [-0.1, -0.05) is 0 Å². The van der Waals surface area contributed by atoms with E-state index in [1.807, 2.05) is 10.3 Å². The summed E-state index contributed by atoms with van der Waals surface area (Å²) in [6.07, 6.45) is 3.48. The minimum atomic E-state index is -3.13. The molecule has 0 atom stereocenters. The molecule has 7 heteroatoms. The topological polar surface area (TPSA) is 57.7 Å². The number of nitrogens with zero attached hydrogens (tertiary/aromatic N) is 2. The van der Waals surface area contributed by atoms with E-state index >= 15 is 0 Å².